The average Bonchev–Trinajstić information content (AvgIpc) is 2.37. The minimum atomic E-state index is -5.23. The lowest BCUT2D eigenvalue weighted by Gasteiger charge is -2.36. The van der Waals surface area contributed by atoms with E-state index in [0.717, 1.165) is 0 Å². The summed E-state index contributed by atoms with van der Waals surface area (Å²) in [6.45, 7) is 0.330. The fourth-order valence-corrected chi connectivity index (χ4v) is 1.76. The highest BCUT2D eigenvalue weighted by Gasteiger charge is 2.64. The van der Waals surface area contributed by atoms with E-state index < -0.39 is 29.5 Å². The van der Waals surface area contributed by atoms with Crippen molar-refractivity contribution in [3.63, 3.8) is 0 Å². The Hall–Kier alpha value is -1.60. The number of aliphatic carboxylic acids is 1. The number of hydrogen-bond donors (Lipinski definition) is 1. The van der Waals surface area contributed by atoms with Crippen LogP contribution < -0.4 is 0 Å². The number of nitrogens with zero attached hydrogens (tertiary/aromatic N) is 1. The van der Waals surface area contributed by atoms with Crippen molar-refractivity contribution < 1.29 is 32.7 Å². The largest absolute Gasteiger partial charge is 0.479 e. The monoisotopic (exact) mass is 267 g/mol. The van der Waals surface area contributed by atoms with Crippen molar-refractivity contribution in [1.82, 2.24) is 4.90 Å². The summed E-state index contributed by atoms with van der Waals surface area (Å²) in [7, 11) is 0. The molecule has 0 spiro atoms. The number of hydrogen-bond acceptors (Lipinski definition) is 3. The molecule has 8 heteroatoms. The number of likely N-dealkylation sites (tertiary alicyclic amines) is 1. The fourth-order valence-electron chi connectivity index (χ4n) is 1.76. The Kier molecular flexibility index (Phi) is 3.68. The van der Waals surface area contributed by atoms with E-state index in [2.05, 4.69) is 0 Å². The molecule has 0 bridgehead atoms. The molecule has 2 amide bonds. The number of carbonyl (C=O) groups excluding carboxylic acids is 2. The molecule has 0 aliphatic carbocycles. The molecule has 1 fully saturated rings. The van der Waals surface area contributed by atoms with Crippen LogP contribution >= 0.6 is 0 Å². The van der Waals surface area contributed by atoms with E-state index >= 15 is 0 Å². The lowest BCUT2D eigenvalue weighted by atomic mass is 9.98. The van der Waals surface area contributed by atoms with Gasteiger partial charge in [0.05, 0.1) is 0 Å². The maximum atomic E-state index is 12.9. The van der Waals surface area contributed by atoms with Gasteiger partial charge in [-0.1, -0.05) is 0 Å². The summed E-state index contributed by atoms with van der Waals surface area (Å²) in [5.74, 6) is -4.46. The standard InChI is InChI=1S/C10H12F3NO4/c1-9(8(17)18,10(11,12)13)14-6(15)4-2-3-5-7(14)16/h2-5H2,1H3,(H,17,18). The summed E-state index contributed by atoms with van der Waals surface area (Å²) in [5, 5.41) is 8.78. The second-order valence-corrected chi connectivity index (χ2v) is 4.21. The minimum absolute atomic E-state index is 0.150. The molecule has 0 aromatic rings. The van der Waals surface area contributed by atoms with Gasteiger partial charge in [-0.05, 0) is 19.8 Å². The second kappa shape index (κ2) is 4.58. The molecule has 1 unspecified atom stereocenters. The van der Waals surface area contributed by atoms with Gasteiger partial charge in [0.15, 0.2) is 0 Å². The predicted octanol–water partition coefficient (Wildman–Crippen LogP) is 1.32. The third kappa shape index (κ3) is 2.19. The minimum Gasteiger partial charge on any atom is -0.479 e. The third-order valence-electron chi connectivity index (χ3n) is 2.95. The zero-order chi connectivity index (χ0) is 14.1. The summed E-state index contributed by atoms with van der Waals surface area (Å²) in [6, 6.07) is 0. The maximum absolute atomic E-state index is 12.9. The first kappa shape index (κ1) is 14.5. The van der Waals surface area contributed by atoms with Crippen molar-refractivity contribution in [2.45, 2.75) is 44.3 Å². The molecule has 102 valence electrons. The van der Waals surface area contributed by atoms with E-state index in [1.807, 2.05) is 0 Å². The number of carboxylic acid groups (broad SMARTS) is 1. The van der Waals surface area contributed by atoms with Crippen LogP contribution in [0.4, 0.5) is 13.2 Å². The van der Waals surface area contributed by atoms with E-state index in [1.54, 1.807) is 0 Å². The second-order valence-electron chi connectivity index (χ2n) is 4.21. The third-order valence-corrected chi connectivity index (χ3v) is 2.95. The van der Waals surface area contributed by atoms with Crippen molar-refractivity contribution in [1.29, 1.82) is 0 Å². The Bertz CT molecular complexity index is 375. The fraction of sp³-hybridized carbons (Fsp3) is 0.700. The average molecular weight is 267 g/mol. The van der Waals surface area contributed by atoms with Crippen LogP contribution in [0.3, 0.4) is 0 Å². The SMILES string of the molecule is CC(C(=O)O)(N1C(=O)CCCCC1=O)C(F)(F)F. The summed E-state index contributed by atoms with van der Waals surface area (Å²) >= 11 is 0. The van der Waals surface area contributed by atoms with Gasteiger partial charge >= 0.3 is 12.1 Å². The van der Waals surface area contributed by atoms with Crippen LogP contribution in [-0.4, -0.2) is 39.5 Å². The number of carbonyl (C=O) groups is 3. The number of carboxylic acids is 1. The Balaban J connectivity index is 3.31. The molecular weight excluding hydrogens is 255 g/mol. The van der Waals surface area contributed by atoms with Crippen LogP contribution in [-0.2, 0) is 14.4 Å². The van der Waals surface area contributed by atoms with E-state index in [1.165, 1.54) is 0 Å². The predicted molar refractivity (Wildman–Crippen MR) is 52.4 cm³/mol. The first-order chi connectivity index (χ1) is 8.12. The van der Waals surface area contributed by atoms with Gasteiger partial charge in [0, 0.05) is 12.8 Å². The molecule has 0 aromatic carbocycles. The zero-order valence-corrected chi connectivity index (χ0v) is 9.58. The molecule has 0 aromatic heterocycles. The van der Waals surface area contributed by atoms with Crippen molar-refractivity contribution in [2.75, 3.05) is 0 Å². The summed E-state index contributed by atoms with van der Waals surface area (Å²) in [4.78, 5) is 33.9. The highest BCUT2D eigenvalue weighted by molar-refractivity contribution is 6.01. The Labute approximate surface area is 101 Å². The molecular formula is C10H12F3NO4. The van der Waals surface area contributed by atoms with Crippen molar-refractivity contribution in [2.24, 2.45) is 0 Å². The Morgan fingerprint density at radius 1 is 1.17 bits per heavy atom. The Morgan fingerprint density at radius 3 is 1.83 bits per heavy atom. The van der Waals surface area contributed by atoms with Crippen LogP contribution in [0.5, 0.6) is 0 Å². The molecule has 1 heterocycles. The lowest BCUT2D eigenvalue weighted by molar-refractivity contribution is -0.232. The Morgan fingerprint density at radius 2 is 1.56 bits per heavy atom. The molecule has 1 saturated heterocycles. The molecule has 1 aliphatic heterocycles. The highest BCUT2D eigenvalue weighted by Crippen LogP contribution is 2.37. The van der Waals surface area contributed by atoms with Crippen LogP contribution in [0.2, 0.25) is 0 Å². The number of imide groups is 1. The van der Waals surface area contributed by atoms with Gasteiger partial charge in [-0.3, -0.25) is 14.5 Å². The molecule has 1 aliphatic rings. The van der Waals surface area contributed by atoms with E-state index in [4.69, 9.17) is 5.11 Å². The van der Waals surface area contributed by atoms with E-state index in [-0.39, 0.29) is 30.6 Å². The van der Waals surface area contributed by atoms with Gasteiger partial charge in [-0.25, -0.2) is 4.79 Å². The van der Waals surface area contributed by atoms with Gasteiger partial charge in [0.2, 0.25) is 17.4 Å². The van der Waals surface area contributed by atoms with Crippen LogP contribution in [0.25, 0.3) is 0 Å². The van der Waals surface area contributed by atoms with Gasteiger partial charge in [-0.2, -0.15) is 13.2 Å². The molecule has 0 saturated carbocycles. The lowest BCUT2D eigenvalue weighted by Crippen LogP contribution is -2.65. The van der Waals surface area contributed by atoms with Gasteiger partial charge in [0.1, 0.15) is 0 Å². The van der Waals surface area contributed by atoms with Crippen molar-refractivity contribution in [3.8, 4) is 0 Å². The zero-order valence-electron chi connectivity index (χ0n) is 9.58. The number of alkyl halides is 3. The van der Waals surface area contributed by atoms with Gasteiger partial charge < -0.3 is 5.11 Å². The number of rotatable bonds is 2. The van der Waals surface area contributed by atoms with E-state index in [0.29, 0.717) is 6.92 Å². The van der Waals surface area contributed by atoms with E-state index in [9.17, 15) is 27.6 Å². The van der Waals surface area contributed by atoms with Crippen LogP contribution in [0, 0.1) is 0 Å². The number of halogens is 3. The first-order valence-corrected chi connectivity index (χ1v) is 5.28. The molecule has 5 nitrogen and oxygen atoms in total. The maximum Gasteiger partial charge on any atom is 0.422 e. The van der Waals surface area contributed by atoms with Crippen molar-refractivity contribution in [3.05, 3.63) is 0 Å². The number of amides is 2. The summed E-state index contributed by atoms with van der Waals surface area (Å²) in [6.07, 6.45) is -5.20. The molecule has 1 N–H and O–H groups in total. The molecule has 0 radical (unpaired) electrons. The topological polar surface area (TPSA) is 74.7 Å². The quantitative estimate of drug-likeness (QED) is 0.766. The smallest absolute Gasteiger partial charge is 0.422 e. The highest BCUT2D eigenvalue weighted by atomic mass is 19.4. The summed E-state index contributed by atoms with van der Waals surface area (Å²) < 4.78 is 38.7. The first-order valence-electron chi connectivity index (χ1n) is 5.28. The summed E-state index contributed by atoms with van der Waals surface area (Å²) in [5.41, 5.74) is -3.51. The molecule has 1 rings (SSSR count). The van der Waals surface area contributed by atoms with Crippen molar-refractivity contribution >= 4 is 17.8 Å². The van der Waals surface area contributed by atoms with Crippen LogP contribution in [0.15, 0.2) is 0 Å². The molecule has 1 atom stereocenters. The normalized spacial score (nSPS) is 21.4. The van der Waals surface area contributed by atoms with Gasteiger partial charge in [-0.15, -0.1) is 0 Å². The molecule has 18 heavy (non-hydrogen) atoms. The van der Waals surface area contributed by atoms with Gasteiger partial charge in [0.25, 0.3) is 0 Å². The van der Waals surface area contributed by atoms with Crippen LogP contribution in [0.1, 0.15) is 32.6 Å².